The summed E-state index contributed by atoms with van der Waals surface area (Å²) >= 11 is 0. The first-order valence-electron chi connectivity index (χ1n) is 8.36. The van der Waals surface area contributed by atoms with Crippen LogP contribution in [0.1, 0.15) is 61.7 Å². The Kier molecular flexibility index (Phi) is 6.62. The summed E-state index contributed by atoms with van der Waals surface area (Å²) in [6.07, 6.45) is 12.1. The molecule has 24 heavy (non-hydrogen) atoms. The van der Waals surface area contributed by atoms with Gasteiger partial charge in [-0.25, -0.2) is 4.79 Å². The largest absolute Gasteiger partial charge is 0.506 e. The number of hydrogen-bond acceptors (Lipinski definition) is 4. The second-order valence-corrected chi connectivity index (χ2v) is 5.86. The zero-order valence-electron chi connectivity index (χ0n) is 13.7. The van der Waals surface area contributed by atoms with Gasteiger partial charge < -0.3 is 9.52 Å². The molecule has 0 aliphatic carbocycles. The number of carbonyl (C=O) groups is 1. The third-order valence-corrected chi connectivity index (χ3v) is 4.04. The van der Waals surface area contributed by atoms with Gasteiger partial charge in [-0.3, -0.25) is 4.79 Å². The zero-order valence-corrected chi connectivity index (χ0v) is 13.7. The normalized spacial score (nSPS) is 10.6. The van der Waals surface area contributed by atoms with Crippen molar-refractivity contribution >= 4 is 16.8 Å². The van der Waals surface area contributed by atoms with Crippen molar-refractivity contribution in [2.75, 3.05) is 0 Å². The molecule has 1 N–H and O–H groups in total. The highest BCUT2D eigenvalue weighted by molar-refractivity contribution is 6.02. The monoisotopic (exact) mass is 326 g/mol. The first kappa shape index (κ1) is 17.8. The standard InChI is InChI=1S/C20H22O4/c1-2-3-4-5-6-7-8-9-13-16(21)18-19(22)15-12-10-11-14-17(15)24-20(18)23/h1,10-12,14,22H,3-9,13H2. The summed E-state index contributed by atoms with van der Waals surface area (Å²) in [4.78, 5) is 24.2. The summed E-state index contributed by atoms with van der Waals surface area (Å²) in [5.41, 5.74) is -0.725. The van der Waals surface area contributed by atoms with Gasteiger partial charge in [-0.05, 0) is 25.0 Å². The van der Waals surface area contributed by atoms with E-state index in [1.54, 1.807) is 24.3 Å². The number of hydrogen-bond donors (Lipinski definition) is 1. The average Bonchev–Trinajstić information content (AvgIpc) is 2.57. The number of para-hydroxylation sites is 1. The van der Waals surface area contributed by atoms with E-state index in [-0.39, 0.29) is 29.1 Å². The van der Waals surface area contributed by atoms with Crippen molar-refractivity contribution in [3.63, 3.8) is 0 Å². The van der Waals surface area contributed by atoms with Gasteiger partial charge in [0.25, 0.3) is 0 Å². The second kappa shape index (κ2) is 8.93. The number of aromatic hydroxyl groups is 1. The maximum Gasteiger partial charge on any atom is 0.351 e. The molecule has 0 saturated heterocycles. The van der Waals surface area contributed by atoms with E-state index < -0.39 is 5.63 Å². The number of benzene rings is 1. The Labute approximate surface area is 141 Å². The van der Waals surface area contributed by atoms with E-state index in [2.05, 4.69) is 5.92 Å². The quantitative estimate of drug-likeness (QED) is 0.320. The molecule has 2 aromatic rings. The molecule has 2 rings (SSSR count). The fraction of sp³-hybridized carbons (Fsp3) is 0.400. The Morgan fingerprint density at radius 3 is 2.50 bits per heavy atom. The van der Waals surface area contributed by atoms with Crippen LogP contribution in [-0.2, 0) is 0 Å². The Bertz CT molecular complexity index is 795. The molecule has 0 unspecified atom stereocenters. The summed E-state index contributed by atoms with van der Waals surface area (Å²) < 4.78 is 5.12. The second-order valence-electron chi connectivity index (χ2n) is 5.86. The van der Waals surface area contributed by atoms with Crippen LogP contribution in [0.4, 0.5) is 0 Å². The Morgan fingerprint density at radius 1 is 1.08 bits per heavy atom. The smallest absolute Gasteiger partial charge is 0.351 e. The third-order valence-electron chi connectivity index (χ3n) is 4.04. The molecule has 0 atom stereocenters. The maximum atomic E-state index is 12.3. The number of fused-ring (bicyclic) bond motifs is 1. The van der Waals surface area contributed by atoms with E-state index >= 15 is 0 Å². The van der Waals surface area contributed by atoms with Gasteiger partial charge in [-0.15, -0.1) is 12.3 Å². The summed E-state index contributed by atoms with van der Waals surface area (Å²) in [5.74, 6) is 1.98. The number of Topliss-reactive ketones (excluding diaryl/α,β-unsaturated/α-hetero) is 1. The minimum Gasteiger partial charge on any atom is -0.506 e. The molecular weight excluding hydrogens is 304 g/mol. The lowest BCUT2D eigenvalue weighted by molar-refractivity contribution is 0.0973. The predicted octanol–water partition coefficient (Wildman–Crippen LogP) is 4.44. The van der Waals surface area contributed by atoms with Crippen molar-refractivity contribution in [1.29, 1.82) is 0 Å². The van der Waals surface area contributed by atoms with Crippen LogP contribution >= 0.6 is 0 Å². The minimum absolute atomic E-state index is 0.234. The van der Waals surface area contributed by atoms with E-state index in [0.717, 1.165) is 38.5 Å². The van der Waals surface area contributed by atoms with Gasteiger partial charge >= 0.3 is 5.63 Å². The number of rotatable bonds is 9. The summed E-state index contributed by atoms with van der Waals surface area (Å²) in [5, 5.41) is 10.6. The first-order valence-corrected chi connectivity index (χ1v) is 8.36. The third kappa shape index (κ3) is 4.48. The lowest BCUT2D eigenvalue weighted by atomic mass is 10.0. The van der Waals surface area contributed by atoms with Crippen molar-refractivity contribution in [2.24, 2.45) is 0 Å². The van der Waals surface area contributed by atoms with E-state index in [1.807, 2.05) is 0 Å². The Balaban J connectivity index is 1.90. The van der Waals surface area contributed by atoms with Crippen LogP contribution in [-0.4, -0.2) is 10.9 Å². The lowest BCUT2D eigenvalue weighted by Crippen LogP contribution is -2.14. The molecule has 126 valence electrons. The van der Waals surface area contributed by atoms with Gasteiger partial charge in [0.2, 0.25) is 0 Å². The van der Waals surface area contributed by atoms with E-state index in [1.165, 1.54) is 0 Å². The highest BCUT2D eigenvalue weighted by atomic mass is 16.4. The van der Waals surface area contributed by atoms with Gasteiger partial charge in [-0.1, -0.05) is 37.8 Å². The Hall–Kier alpha value is -2.54. The molecule has 0 amide bonds. The summed E-state index contributed by atoms with van der Waals surface area (Å²) in [7, 11) is 0. The molecule has 0 spiro atoms. The van der Waals surface area contributed by atoms with Crippen molar-refractivity contribution in [3.05, 3.63) is 40.2 Å². The summed E-state index contributed by atoms with van der Waals surface area (Å²) in [6, 6.07) is 6.64. The van der Waals surface area contributed by atoms with E-state index in [0.29, 0.717) is 11.8 Å². The fourth-order valence-corrected chi connectivity index (χ4v) is 2.72. The molecular formula is C20H22O4. The number of ketones is 1. The average molecular weight is 326 g/mol. The first-order chi connectivity index (χ1) is 11.6. The molecule has 0 fully saturated rings. The summed E-state index contributed by atoms with van der Waals surface area (Å²) in [6.45, 7) is 0. The molecule has 4 nitrogen and oxygen atoms in total. The molecule has 4 heteroatoms. The molecule has 1 heterocycles. The number of unbranched alkanes of at least 4 members (excludes halogenated alkanes) is 6. The highest BCUT2D eigenvalue weighted by Gasteiger charge is 2.20. The van der Waals surface area contributed by atoms with Crippen molar-refractivity contribution < 1.29 is 14.3 Å². The van der Waals surface area contributed by atoms with Crippen molar-refractivity contribution in [1.82, 2.24) is 0 Å². The predicted molar refractivity (Wildman–Crippen MR) is 94.2 cm³/mol. The SMILES string of the molecule is C#CCCCCCCCCC(=O)c1c(O)c2ccccc2oc1=O. The molecule has 0 bridgehead atoms. The van der Waals surface area contributed by atoms with Crippen LogP contribution in [0.25, 0.3) is 11.0 Å². The molecule has 1 aromatic heterocycles. The van der Waals surface area contributed by atoms with Gasteiger partial charge in [0.15, 0.2) is 5.78 Å². The fourth-order valence-electron chi connectivity index (χ4n) is 2.72. The van der Waals surface area contributed by atoms with E-state index in [9.17, 15) is 14.7 Å². The molecule has 1 aromatic carbocycles. The minimum atomic E-state index is -0.773. The molecule has 0 aliphatic heterocycles. The molecule has 0 radical (unpaired) electrons. The van der Waals surface area contributed by atoms with Gasteiger partial charge in [-0.2, -0.15) is 0 Å². The zero-order chi connectivity index (χ0) is 17.4. The van der Waals surface area contributed by atoms with Crippen LogP contribution in [0, 0.1) is 12.3 Å². The van der Waals surface area contributed by atoms with Crippen LogP contribution in [0.15, 0.2) is 33.5 Å². The van der Waals surface area contributed by atoms with Gasteiger partial charge in [0.05, 0.1) is 5.39 Å². The van der Waals surface area contributed by atoms with Gasteiger partial charge in [0, 0.05) is 12.8 Å². The van der Waals surface area contributed by atoms with Crippen LogP contribution < -0.4 is 5.63 Å². The van der Waals surface area contributed by atoms with E-state index in [4.69, 9.17) is 10.8 Å². The molecule has 0 saturated carbocycles. The topological polar surface area (TPSA) is 67.5 Å². The maximum absolute atomic E-state index is 12.3. The van der Waals surface area contributed by atoms with Crippen molar-refractivity contribution in [2.45, 2.75) is 51.4 Å². The van der Waals surface area contributed by atoms with Crippen LogP contribution in [0.5, 0.6) is 5.75 Å². The van der Waals surface area contributed by atoms with Gasteiger partial charge in [0.1, 0.15) is 16.9 Å². The number of carbonyl (C=O) groups excluding carboxylic acids is 1. The van der Waals surface area contributed by atoms with Crippen LogP contribution in [0.3, 0.4) is 0 Å². The lowest BCUT2D eigenvalue weighted by Gasteiger charge is -2.05. The number of terminal acetylenes is 1. The highest BCUT2D eigenvalue weighted by Crippen LogP contribution is 2.27. The Morgan fingerprint density at radius 2 is 1.75 bits per heavy atom. The van der Waals surface area contributed by atoms with Crippen molar-refractivity contribution in [3.8, 4) is 18.1 Å². The molecule has 0 aliphatic rings. The van der Waals surface area contributed by atoms with Crippen LogP contribution in [0.2, 0.25) is 0 Å².